The molecule has 4 rings (SSSR count). The van der Waals surface area contributed by atoms with Gasteiger partial charge in [-0.1, -0.05) is 63.6 Å². The third-order valence-electron chi connectivity index (χ3n) is 7.05. The van der Waals surface area contributed by atoms with Crippen molar-refractivity contribution in [2.75, 3.05) is 10.6 Å². The quantitative estimate of drug-likeness (QED) is 0.182. The highest BCUT2D eigenvalue weighted by Gasteiger charge is 2.18. The maximum absolute atomic E-state index is 9.61. The van der Waals surface area contributed by atoms with Crippen LogP contribution in [0.25, 0.3) is 0 Å². The Hall–Kier alpha value is -4.09. The van der Waals surface area contributed by atoms with E-state index in [1.807, 2.05) is 19.9 Å². The van der Waals surface area contributed by atoms with Gasteiger partial charge < -0.3 is 10.6 Å². The number of nitriles is 1. The molecule has 0 atom stereocenters. The molecule has 0 radical (unpaired) electrons. The van der Waals surface area contributed by atoms with Gasteiger partial charge in [0.25, 0.3) is 0 Å². The zero-order valence-corrected chi connectivity index (χ0v) is 27.0. The van der Waals surface area contributed by atoms with Crippen LogP contribution in [-0.2, 0) is 12.8 Å². The molecule has 0 unspecified atom stereocenters. The van der Waals surface area contributed by atoms with E-state index in [9.17, 15) is 5.26 Å². The first-order chi connectivity index (χ1) is 20.0. The fraction of sp³-hybridized carbons (Fsp3) is 0.382. The molecule has 0 saturated carbocycles. The molecule has 218 valence electrons. The Morgan fingerprint density at radius 1 is 0.833 bits per heavy atom. The van der Waals surface area contributed by atoms with Gasteiger partial charge in [-0.05, 0) is 105 Å². The number of hydrogen-bond donors (Lipinski definition) is 2. The number of nitrogens with one attached hydrogen (secondary N) is 2. The van der Waals surface area contributed by atoms with Gasteiger partial charge in [0, 0.05) is 11.4 Å². The van der Waals surface area contributed by atoms with Crippen LogP contribution < -0.4 is 10.6 Å². The van der Waals surface area contributed by atoms with Crippen LogP contribution in [0.15, 0.2) is 46.6 Å². The Labute approximate surface area is 254 Å². The summed E-state index contributed by atoms with van der Waals surface area (Å²) in [5.41, 5.74) is 10.8. The van der Waals surface area contributed by atoms with Crippen molar-refractivity contribution < 1.29 is 0 Å². The second kappa shape index (κ2) is 13.3. The normalized spacial score (nSPS) is 11.5. The van der Waals surface area contributed by atoms with Gasteiger partial charge in [-0.25, -0.2) is 4.98 Å². The van der Waals surface area contributed by atoms with Crippen LogP contribution in [0.5, 0.6) is 0 Å². The van der Waals surface area contributed by atoms with Crippen molar-refractivity contribution in [3.63, 3.8) is 0 Å². The van der Waals surface area contributed by atoms with Gasteiger partial charge in [0.2, 0.25) is 0 Å². The van der Waals surface area contributed by atoms with Crippen molar-refractivity contribution in [1.82, 2.24) is 9.36 Å². The summed E-state index contributed by atoms with van der Waals surface area (Å²) in [5, 5.41) is 26.5. The van der Waals surface area contributed by atoms with Gasteiger partial charge in [0.1, 0.15) is 23.1 Å². The molecule has 0 aliphatic heterocycles. The highest BCUT2D eigenvalue weighted by Crippen LogP contribution is 2.38. The largest absolute Gasteiger partial charge is 0.340 e. The number of aryl methyl sites for hydroxylation is 5. The molecule has 42 heavy (non-hydrogen) atoms. The van der Waals surface area contributed by atoms with E-state index in [0.717, 1.165) is 46.7 Å². The lowest BCUT2D eigenvalue weighted by atomic mass is 9.94. The van der Waals surface area contributed by atoms with Crippen molar-refractivity contribution in [3.05, 3.63) is 81.0 Å². The molecule has 2 heterocycles. The van der Waals surface area contributed by atoms with Gasteiger partial charge in [-0.3, -0.25) is 0 Å². The van der Waals surface area contributed by atoms with Crippen molar-refractivity contribution in [2.45, 2.75) is 75.2 Å². The second-order valence-electron chi connectivity index (χ2n) is 12.0. The van der Waals surface area contributed by atoms with Crippen LogP contribution in [0.4, 0.5) is 33.7 Å². The third-order valence-corrected chi connectivity index (χ3v) is 7.87. The van der Waals surface area contributed by atoms with Crippen molar-refractivity contribution in [2.24, 2.45) is 22.1 Å². The Morgan fingerprint density at radius 2 is 1.45 bits per heavy atom. The van der Waals surface area contributed by atoms with Crippen LogP contribution >= 0.6 is 11.5 Å². The number of pyridine rings is 1. The molecule has 4 aromatic rings. The van der Waals surface area contributed by atoms with Crippen LogP contribution in [0.2, 0.25) is 0 Å². The number of azo groups is 1. The molecule has 2 aromatic carbocycles. The molecule has 7 nitrogen and oxygen atoms in total. The maximum atomic E-state index is 9.61. The number of para-hydroxylation sites is 1. The molecular formula is C34H41N7S. The Morgan fingerprint density at radius 3 is 2.02 bits per heavy atom. The lowest BCUT2D eigenvalue weighted by Crippen LogP contribution is -2.08. The predicted octanol–water partition coefficient (Wildman–Crippen LogP) is 10.3. The van der Waals surface area contributed by atoms with E-state index < -0.39 is 0 Å². The molecule has 2 N–H and O–H groups in total. The summed E-state index contributed by atoms with van der Waals surface area (Å²) in [6.45, 7) is 19.1. The average molecular weight is 580 g/mol. The summed E-state index contributed by atoms with van der Waals surface area (Å²) >= 11 is 1.18. The molecule has 2 aromatic heterocycles. The third kappa shape index (κ3) is 7.21. The first-order valence-electron chi connectivity index (χ1n) is 14.5. The molecule has 0 aliphatic rings. The molecule has 8 heteroatoms. The first kappa shape index (κ1) is 30.9. The van der Waals surface area contributed by atoms with E-state index >= 15 is 0 Å². The molecule has 0 spiro atoms. The molecule has 0 aliphatic carbocycles. The number of nitrogens with zero attached hydrogens (tertiary/aromatic N) is 5. The molecule has 0 fully saturated rings. The average Bonchev–Trinajstić information content (AvgIpc) is 3.26. The SMILES string of the molecule is Cc1cc(C)c(Nc2cc(C)c(N=Nc3snc(C)c3C#N)c(Nc3c(CC(C)C)cccc3CC(C)C)n2)c(C)c1. The maximum Gasteiger partial charge on any atom is 0.176 e. The smallest absolute Gasteiger partial charge is 0.176 e. The van der Waals surface area contributed by atoms with Crippen LogP contribution in [0.1, 0.15) is 72.3 Å². The summed E-state index contributed by atoms with van der Waals surface area (Å²) in [7, 11) is 0. The number of rotatable bonds is 10. The number of benzene rings is 2. The van der Waals surface area contributed by atoms with E-state index in [4.69, 9.17) is 4.98 Å². The lowest BCUT2D eigenvalue weighted by Gasteiger charge is -2.21. The van der Waals surface area contributed by atoms with Crippen molar-refractivity contribution in [1.29, 1.82) is 5.26 Å². The Bertz CT molecular complexity index is 1610. The van der Waals surface area contributed by atoms with Gasteiger partial charge in [-0.15, -0.1) is 10.2 Å². The minimum atomic E-state index is 0.453. The van der Waals surface area contributed by atoms with Crippen molar-refractivity contribution >= 4 is 45.2 Å². The summed E-state index contributed by atoms with van der Waals surface area (Å²) in [4.78, 5) is 5.08. The summed E-state index contributed by atoms with van der Waals surface area (Å²) < 4.78 is 4.30. The van der Waals surface area contributed by atoms with E-state index in [1.165, 1.54) is 28.2 Å². The second-order valence-corrected chi connectivity index (χ2v) is 12.7. The van der Waals surface area contributed by atoms with Gasteiger partial charge in [0.15, 0.2) is 10.8 Å². The zero-order valence-electron chi connectivity index (χ0n) is 26.2. The van der Waals surface area contributed by atoms with Gasteiger partial charge in [0.05, 0.1) is 5.69 Å². The van der Waals surface area contributed by atoms with Gasteiger partial charge >= 0.3 is 0 Å². The monoisotopic (exact) mass is 579 g/mol. The number of hydrogen-bond acceptors (Lipinski definition) is 8. The minimum absolute atomic E-state index is 0.453. The zero-order chi connectivity index (χ0) is 30.6. The highest BCUT2D eigenvalue weighted by molar-refractivity contribution is 7.10. The Balaban J connectivity index is 1.87. The molecule has 0 bridgehead atoms. The molecule has 0 amide bonds. The van der Waals surface area contributed by atoms with Gasteiger partial charge in [-0.2, -0.15) is 9.64 Å². The first-order valence-corrected chi connectivity index (χ1v) is 15.3. The van der Waals surface area contributed by atoms with Crippen LogP contribution in [0.3, 0.4) is 0 Å². The number of aromatic nitrogens is 2. The minimum Gasteiger partial charge on any atom is -0.340 e. The van der Waals surface area contributed by atoms with E-state index in [-0.39, 0.29) is 0 Å². The Kier molecular flexibility index (Phi) is 9.74. The van der Waals surface area contributed by atoms with Crippen LogP contribution in [0, 0.1) is 57.8 Å². The standard InChI is InChI=1S/C34H41N7S/c1-19(2)13-26-11-10-12-27(14-20(3)4)32(26)38-33-31(39-40-34-28(18-35)25(9)41-42-34)24(8)17-29(37-33)36-30-22(6)15-21(5)16-23(30)7/h10-12,15-17,19-20H,13-14H2,1-9H3,(H2,36,37,38). The van der Waals surface area contributed by atoms with Crippen molar-refractivity contribution in [3.8, 4) is 6.07 Å². The van der Waals surface area contributed by atoms with E-state index in [1.54, 1.807) is 0 Å². The summed E-state index contributed by atoms with van der Waals surface area (Å²) in [6.07, 6.45) is 1.88. The molecular weight excluding hydrogens is 538 g/mol. The topological polar surface area (TPSA) is 98.4 Å². The fourth-order valence-electron chi connectivity index (χ4n) is 5.25. The predicted molar refractivity (Wildman–Crippen MR) is 175 cm³/mol. The van der Waals surface area contributed by atoms with E-state index in [0.29, 0.717) is 39.6 Å². The highest BCUT2D eigenvalue weighted by atomic mass is 32.1. The summed E-state index contributed by atoms with van der Waals surface area (Å²) in [5.74, 6) is 2.33. The summed E-state index contributed by atoms with van der Waals surface area (Å²) in [6, 6.07) is 15.1. The number of anilines is 4. The lowest BCUT2D eigenvalue weighted by molar-refractivity contribution is 0.638. The fourth-order valence-corrected chi connectivity index (χ4v) is 5.93. The molecule has 0 saturated heterocycles. The van der Waals surface area contributed by atoms with E-state index in [2.05, 4.69) is 110 Å². The van der Waals surface area contributed by atoms with Crippen LogP contribution in [-0.4, -0.2) is 9.36 Å².